The number of hydrogen-bond donors (Lipinski definition) is 0. The third-order valence-electron chi connectivity index (χ3n) is 5.60. The van der Waals surface area contributed by atoms with Crippen LogP contribution in [0.15, 0.2) is 47.1 Å². The van der Waals surface area contributed by atoms with Crippen molar-refractivity contribution in [1.82, 2.24) is 0 Å². The van der Waals surface area contributed by atoms with Crippen molar-refractivity contribution >= 4 is 20.6 Å². The summed E-state index contributed by atoms with van der Waals surface area (Å²) in [6.45, 7) is 10.9. The zero-order chi connectivity index (χ0) is 20.2. The third kappa shape index (κ3) is 10.0. The molecule has 2 nitrogen and oxygen atoms in total. The van der Waals surface area contributed by atoms with Crippen LogP contribution in [0.5, 0.6) is 0 Å². The second-order valence-electron chi connectivity index (χ2n) is 7.55. The molecule has 3 rings (SSSR count). The molecule has 1 saturated carbocycles. The van der Waals surface area contributed by atoms with Crippen molar-refractivity contribution < 1.29 is 26.5 Å². The van der Waals surface area contributed by atoms with E-state index in [-0.39, 0.29) is 33.5 Å². The molecule has 4 heteroatoms. The maximum absolute atomic E-state index is 10.6. The van der Waals surface area contributed by atoms with Crippen molar-refractivity contribution in [3.8, 4) is 0 Å². The van der Waals surface area contributed by atoms with Crippen LogP contribution in [0.3, 0.4) is 0 Å². The van der Waals surface area contributed by atoms with Crippen molar-refractivity contribution in [2.45, 2.75) is 72.8 Å². The number of benzene rings is 1. The van der Waals surface area contributed by atoms with Gasteiger partial charge in [0.1, 0.15) is 0 Å². The Labute approximate surface area is 190 Å². The summed E-state index contributed by atoms with van der Waals surface area (Å²) in [4.78, 5) is 10.6. The largest absolute Gasteiger partial charge is 2.00 e. The van der Waals surface area contributed by atoms with E-state index in [9.17, 15) is 4.79 Å². The summed E-state index contributed by atoms with van der Waals surface area (Å²) < 4.78 is 0. The fraction of sp³-hybridized carbons (Fsp3) is 0.542. The number of rotatable bonds is 2. The average Bonchev–Trinajstić information content (AvgIpc) is 2.89. The molecule has 1 fully saturated rings. The van der Waals surface area contributed by atoms with E-state index >= 15 is 0 Å². The fourth-order valence-corrected chi connectivity index (χ4v) is 3.96. The molecule has 1 aromatic rings. The van der Waals surface area contributed by atoms with Crippen LogP contribution in [0.25, 0.3) is 5.73 Å². The van der Waals surface area contributed by atoms with Gasteiger partial charge in [-0.15, -0.1) is 6.92 Å². The van der Waals surface area contributed by atoms with Crippen molar-refractivity contribution in [1.29, 1.82) is 0 Å². The van der Waals surface area contributed by atoms with E-state index in [4.69, 9.17) is 5.73 Å². The normalized spacial score (nSPS) is 19.2. The third-order valence-corrected chi connectivity index (χ3v) is 6.65. The van der Waals surface area contributed by atoms with Crippen molar-refractivity contribution in [3.63, 3.8) is 0 Å². The van der Waals surface area contributed by atoms with Gasteiger partial charge in [0, 0.05) is 5.92 Å². The van der Waals surface area contributed by atoms with E-state index in [0.29, 0.717) is 15.4 Å². The van der Waals surface area contributed by atoms with Gasteiger partial charge in [-0.3, -0.25) is 6.08 Å². The first-order valence-electron chi connectivity index (χ1n) is 10.2. The molecule has 2 aliphatic carbocycles. The minimum atomic E-state index is -0.345. The smallest absolute Gasteiger partial charge is 0.668 e. The number of hydrogen-bond acceptors (Lipinski definition) is 1. The molecule has 1 N–H and O–H groups in total. The van der Waals surface area contributed by atoms with Crippen LogP contribution in [0.1, 0.15) is 66.2 Å². The Hall–Kier alpha value is -0.899. The van der Waals surface area contributed by atoms with Crippen LogP contribution in [0.4, 0.5) is 0 Å². The second kappa shape index (κ2) is 15.0. The topological polar surface area (TPSA) is 40.9 Å². The van der Waals surface area contributed by atoms with Gasteiger partial charge >= 0.3 is 21.7 Å². The Bertz CT molecular complexity index is 631. The molecule has 0 spiro atoms. The minimum Gasteiger partial charge on any atom is -0.668 e. The second-order valence-corrected chi connectivity index (χ2v) is 8.80. The summed E-state index contributed by atoms with van der Waals surface area (Å²) >= 11 is 0. The van der Waals surface area contributed by atoms with E-state index in [1.807, 2.05) is 0 Å². The van der Waals surface area contributed by atoms with E-state index in [0.717, 1.165) is 25.7 Å². The van der Waals surface area contributed by atoms with Gasteiger partial charge in [0.25, 0.3) is 0 Å². The van der Waals surface area contributed by atoms with Gasteiger partial charge in [0.15, 0.2) is 0 Å². The molecule has 2 aliphatic rings. The van der Waals surface area contributed by atoms with Crippen molar-refractivity contribution in [2.24, 2.45) is 11.8 Å². The summed E-state index contributed by atoms with van der Waals surface area (Å²) in [5.41, 5.74) is 11.2. The van der Waals surface area contributed by atoms with Crippen LogP contribution >= 0.6 is 0 Å². The zero-order valence-electron chi connectivity index (χ0n) is 18.3. The van der Waals surface area contributed by atoms with Gasteiger partial charge in [-0.05, 0) is 12.8 Å². The first-order chi connectivity index (χ1) is 12.9. The molecule has 0 saturated heterocycles. The molecule has 28 heavy (non-hydrogen) atoms. The quantitative estimate of drug-likeness (QED) is 0.320. The summed E-state index contributed by atoms with van der Waals surface area (Å²) in [6, 6.07) is 10.6. The maximum Gasteiger partial charge on any atom is 2.00 e. The number of nitrogens with one attached hydrogen (secondary N) is 1. The molecule has 1 radical (unpaired) electrons. The fourth-order valence-electron chi connectivity index (χ4n) is 3.35. The van der Waals surface area contributed by atoms with Gasteiger partial charge < -0.3 is 10.5 Å². The number of carbonyl (C=O) groups excluding carboxylic acids is 1. The van der Waals surface area contributed by atoms with Gasteiger partial charge in [-0.25, -0.2) is 5.57 Å². The number of carbonyl (C=O) groups is 1. The standard InChI is InChI=1S/C9H13.C8H15NO.C7H9Si.Ti/c1-6-5-7(2)9(4)8(6)3;9-8(10)7-5-3-1-2-4-6-7;1-8-7-5-3-2-4-6-7;/h6H,1-4H3;7H,1-6H2,(H2,9,10);2-6,8H,1H3;/q-1;;;+2/p-1. The number of allylic oxidation sites excluding steroid dienone is 4. The predicted octanol–water partition coefficient (Wildman–Crippen LogP) is 6.05. The summed E-state index contributed by atoms with van der Waals surface area (Å²) in [5.74, 6) is 0.286. The average molecular weight is 431 g/mol. The van der Waals surface area contributed by atoms with Crippen LogP contribution < -0.4 is 5.19 Å². The summed E-state index contributed by atoms with van der Waals surface area (Å²) in [6.07, 6.45) is 10.1. The Morgan fingerprint density at radius 1 is 1.04 bits per heavy atom. The monoisotopic (exact) mass is 430 g/mol. The molecule has 0 heterocycles. The predicted molar refractivity (Wildman–Crippen MR) is 120 cm³/mol. The molecule has 1 unspecified atom stereocenters. The van der Waals surface area contributed by atoms with Gasteiger partial charge in [0.2, 0.25) is 0 Å². The summed E-state index contributed by atoms with van der Waals surface area (Å²) in [5, 5.41) is 1.49. The molecule has 1 amide bonds. The minimum absolute atomic E-state index is 0. The first kappa shape index (κ1) is 27.1. The van der Waals surface area contributed by atoms with E-state index in [1.54, 1.807) is 0 Å². The van der Waals surface area contributed by atoms with E-state index in [2.05, 4.69) is 70.6 Å². The van der Waals surface area contributed by atoms with Crippen molar-refractivity contribution in [2.75, 3.05) is 0 Å². The Balaban J connectivity index is 0.000000386. The first-order valence-corrected chi connectivity index (χ1v) is 12.0. The molecule has 0 aliphatic heterocycles. The van der Waals surface area contributed by atoms with Crippen LogP contribution in [-0.4, -0.2) is 15.4 Å². The van der Waals surface area contributed by atoms with Gasteiger partial charge in [0.05, 0.1) is 15.4 Å². The zero-order valence-corrected chi connectivity index (χ0v) is 21.0. The molecule has 0 aromatic heterocycles. The SMILES string of the molecule is CC1=[C-]C(C)C(C)=C1C.C[SiH]c1ccccc1.[NH-]C(=O)C1CCCCCC1.[Ti+2]. The Kier molecular flexibility index (Phi) is 14.5. The van der Waals surface area contributed by atoms with Crippen LogP contribution in [-0.2, 0) is 26.5 Å². The molecule has 0 bridgehead atoms. The van der Waals surface area contributed by atoms with Crippen LogP contribution in [0, 0.1) is 17.9 Å². The molecule has 151 valence electrons. The number of amides is 1. The Morgan fingerprint density at radius 2 is 1.57 bits per heavy atom. The molecule has 1 aromatic carbocycles. The van der Waals surface area contributed by atoms with Gasteiger partial charge in [-0.2, -0.15) is 11.1 Å². The Morgan fingerprint density at radius 3 is 1.86 bits per heavy atom. The van der Waals surface area contributed by atoms with E-state index < -0.39 is 0 Å². The molecule has 1 atom stereocenters. The maximum atomic E-state index is 10.6. The molecular weight excluding hydrogens is 394 g/mol. The van der Waals surface area contributed by atoms with Crippen molar-refractivity contribution in [3.05, 3.63) is 58.9 Å². The van der Waals surface area contributed by atoms with E-state index in [1.165, 1.54) is 34.7 Å². The van der Waals surface area contributed by atoms with Gasteiger partial charge in [-0.1, -0.05) is 94.4 Å². The van der Waals surface area contributed by atoms with Crippen LogP contribution in [0.2, 0.25) is 6.55 Å². The summed E-state index contributed by atoms with van der Waals surface area (Å²) in [7, 11) is 0.511. The molecular formula is C24H36NOSiTi.